The third-order valence-corrected chi connectivity index (χ3v) is 3.58. The Morgan fingerprint density at radius 2 is 2.00 bits per heavy atom. The van der Waals surface area contributed by atoms with Crippen LogP contribution in [-0.4, -0.2) is 26.8 Å². The van der Waals surface area contributed by atoms with Crippen molar-refractivity contribution in [2.75, 3.05) is 0 Å². The van der Waals surface area contributed by atoms with Gasteiger partial charge in [-0.05, 0) is 35.6 Å². The van der Waals surface area contributed by atoms with E-state index in [-0.39, 0.29) is 17.0 Å². The van der Waals surface area contributed by atoms with Crippen LogP contribution in [0.4, 0.5) is 0 Å². The number of hydrogen-bond donors (Lipinski definition) is 2. The maximum Gasteiger partial charge on any atom is 0.356 e. The molecule has 1 amide bonds. The molecule has 2 aromatic rings. The van der Waals surface area contributed by atoms with Crippen LogP contribution in [0.3, 0.4) is 0 Å². The number of carbonyl (C=O) groups is 2. The Bertz CT molecular complexity index is 729. The van der Waals surface area contributed by atoms with E-state index in [1.54, 1.807) is 6.20 Å². The zero-order chi connectivity index (χ0) is 17.7. The molecule has 0 spiro atoms. The van der Waals surface area contributed by atoms with Crippen molar-refractivity contribution in [3.63, 3.8) is 0 Å². The molecule has 1 aromatic carbocycles. The van der Waals surface area contributed by atoms with Gasteiger partial charge >= 0.3 is 5.97 Å². The fourth-order valence-electron chi connectivity index (χ4n) is 2.17. The molecule has 0 aliphatic heterocycles. The van der Waals surface area contributed by atoms with Gasteiger partial charge in [-0.1, -0.05) is 32.9 Å². The average molecular weight is 329 g/mol. The molecule has 1 aromatic heterocycles. The van der Waals surface area contributed by atoms with Crippen LogP contribution in [0.2, 0.25) is 0 Å². The summed E-state index contributed by atoms with van der Waals surface area (Å²) in [4.78, 5) is 22.8. The molecular formula is C18H23N3O3. The quantitative estimate of drug-likeness (QED) is 0.853. The SMILES string of the molecule is CC(C)(C)CCC(=O)NCc1cccc(-n2ccc(C(=O)O)n2)c1. The monoisotopic (exact) mass is 329 g/mol. The highest BCUT2D eigenvalue weighted by Crippen LogP contribution is 2.20. The topological polar surface area (TPSA) is 84.2 Å². The van der Waals surface area contributed by atoms with Gasteiger partial charge in [0.25, 0.3) is 0 Å². The van der Waals surface area contributed by atoms with Crippen LogP contribution >= 0.6 is 0 Å². The van der Waals surface area contributed by atoms with Gasteiger partial charge in [0, 0.05) is 19.2 Å². The van der Waals surface area contributed by atoms with E-state index in [1.807, 2.05) is 24.3 Å². The van der Waals surface area contributed by atoms with Gasteiger partial charge in [0.05, 0.1) is 5.69 Å². The van der Waals surface area contributed by atoms with Crippen LogP contribution in [0.1, 0.15) is 49.7 Å². The highest BCUT2D eigenvalue weighted by atomic mass is 16.4. The molecule has 24 heavy (non-hydrogen) atoms. The number of rotatable bonds is 6. The third kappa shape index (κ3) is 5.22. The van der Waals surface area contributed by atoms with E-state index >= 15 is 0 Å². The summed E-state index contributed by atoms with van der Waals surface area (Å²) in [6.07, 6.45) is 2.94. The lowest BCUT2D eigenvalue weighted by molar-refractivity contribution is -0.121. The first-order chi connectivity index (χ1) is 11.2. The fourth-order valence-corrected chi connectivity index (χ4v) is 2.17. The number of hydrogen-bond acceptors (Lipinski definition) is 3. The second kappa shape index (κ2) is 7.29. The van der Waals surface area contributed by atoms with Crippen LogP contribution in [0.5, 0.6) is 0 Å². The molecule has 128 valence electrons. The summed E-state index contributed by atoms with van der Waals surface area (Å²) >= 11 is 0. The van der Waals surface area contributed by atoms with Gasteiger partial charge in [0.1, 0.15) is 0 Å². The minimum Gasteiger partial charge on any atom is -0.476 e. The standard InChI is InChI=1S/C18H23N3O3/c1-18(2,3)9-7-16(22)19-12-13-5-4-6-14(11-13)21-10-8-15(20-21)17(23)24/h4-6,8,10-11H,7,9,12H2,1-3H3,(H,19,22)(H,23,24). The summed E-state index contributed by atoms with van der Waals surface area (Å²) < 4.78 is 1.51. The van der Waals surface area contributed by atoms with E-state index in [0.717, 1.165) is 17.7 Å². The van der Waals surface area contributed by atoms with E-state index < -0.39 is 5.97 Å². The number of nitrogens with one attached hydrogen (secondary N) is 1. The normalized spacial score (nSPS) is 11.3. The smallest absolute Gasteiger partial charge is 0.356 e. The first kappa shape index (κ1) is 17.7. The van der Waals surface area contributed by atoms with Crippen molar-refractivity contribution < 1.29 is 14.7 Å². The molecule has 0 radical (unpaired) electrons. The zero-order valence-corrected chi connectivity index (χ0v) is 14.2. The number of amides is 1. The number of nitrogens with zero attached hydrogens (tertiary/aromatic N) is 2. The summed E-state index contributed by atoms with van der Waals surface area (Å²) in [5.74, 6) is -1.03. The van der Waals surface area contributed by atoms with Crippen LogP contribution < -0.4 is 5.32 Å². The number of aromatic nitrogens is 2. The first-order valence-electron chi connectivity index (χ1n) is 7.89. The van der Waals surface area contributed by atoms with Crippen LogP contribution in [-0.2, 0) is 11.3 Å². The van der Waals surface area contributed by atoms with Gasteiger partial charge in [0.15, 0.2) is 5.69 Å². The number of carboxylic acids is 1. The van der Waals surface area contributed by atoms with Crippen molar-refractivity contribution in [2.24, 2.45) is 5.41 Å². The molecule has 0 saturated heterocycles. The van der Waals surface area contributed by atoms with E-state index in [9.17, 15) is 9.59 Å². The lowest BCUT2D eigenvalue weighted by Gasteiger charge is -2.17. The number of aromatic carboxylic acids is 1. The van der Waals surface area contributed by atoms with Gasteiger partial charge in [0.2, 0.25) is 5.91 Å². The molecule has 2 rings (SSSR count). The second-order valence-electron chi connectivity index (χ2n) is 6.96. The lowest BCUT2D eigenvalue weighted by atomic mass is 9.90. The van der Waals surface area contributed by atoms with Gasteiger partial charge in [-0.3, -0.25) is 4.79 Å². The Hall–Kier alpha value is -2.63. The molecule has 0 aliphatic rings. The fraction of sp³-hybridized carbons (Fsp3) is 0.389. The molecule has 0 bridgehead atoms. The van der Waals surface area contributed by atoms with Crippen molar-refractivity contribution in [1.29, 1.82) is 0 Å². The molecule has 0 aliphatic carbocycles. The molecule has 0 atom stereocenters. The Labute approximate surface area is 141 Å². The molecular weight excluding hydrogens is 306 g/mol. The minimum absolute atomic E-state index is 0.00381. The molecule has 1 heterocycles. The lowest BCUT2D eigenvalue weighted by Crippen LogP contribution is -2.24. The number of benzene rings is 1. The van der Waals surface area contributed by atoms with E-state index in [2.05, 4.69) is 31.2 Å². The predicted octanol–water partition coefficient (Wildman–Crippen LogP) is 3.01. The van der Waals surface area contributed by atoms with Gasteiger partial charge in [-0.25, -0.2) is 9.48 Å². The maximum absolute atomic E-state index is 11.9. The largest absolute Gasteiger partial charge is 0.476 e. The summed E-state index contributed by atoms with van der Waals surface area (Å²) in [5, 5.41) is 15.8. The predicted molar refractivity (Wildman–Crippen MR) is 91.1 cm³/mol. The van der Waals surface area contributed by atoms with Crippen molar-refractivity contribution in [1.82, 2.24) is 15.1 Å². The van der Waals surface area contributed by atoms with Gasteiger partial charge in [-0.15, -0.1) is 0 Å². The Balaban J connectivity index is 1.97. The van der Waals surface area contributed by atoms with E-state index in [0.29, 0.717) is 13.0 Å². The molecule has 6 heteroatoms. The highest BCUT2D eigenvalue weighted by Gasteiger charge is 2.13. The van der Waals surface area contributed by atoms with E-state index in [4.69, 9.17) is 5.11 Å². The Morgan fingerprint density at radius 3 is 2.62 bits per heavy atom. The van der Waals surface area contributed by atoms with Crippen molar-refractivity contribution in [3.8, 4) is 5.69 Å². The zero-order valence-electron chi connectivity index (χ0n) is 14.2. The van der Waals surface area contributed by atoms with Crippen molar-refractivity contribution >= 4 is 11.9 Å². The maximum atomic E-state index is 11.9. The summed E-state index contributed by atoms with van der Waals surface area (Å²) in [6.45, 7) is 6.77. The molecule has 2 N–H and O–H groups in total. The van der Waals surface area contributed by atoms with Crippen LogP contribution in [0.25, 0.3) is 5.69 Å². The summed E-state index contributed by atoms with van der Waals surface area (Å²) in [5.41, 5.74) is 1.82. The van der Waals surface area contributed by atoms with E-state index in [1.165, 1.54) is 10.7 Å². The molecule has 0 fully saturated rings. The first-order valence-corrected chi connectivity index (χ1v) is 7.89. The average Bonchev–Trinajstić information content (AvgIpc) is 3.01. The molecule has 6 nitrogen and oxygen atoms in total. The summed E-state index contributed by atoms with van der Waals surface area (Å²) in [7, 11) is 0. The van der Waals surface area contributed by atoms with Gasteiger partial charge in [-0.2, -0.15) is 5.10 Å². The minimum atomic E-state index is -1.06. The van der Waals surface area contributed by atoms with Crippen LogP contribution in [0, 0.1) is 5.41 Å². The highest BCUT2D eigenvalue weighted by molar-refractivity contribution is 5.85. The molecule has 0 saturated carbocycles. The van der Waals surface area contributed by atoms with Crippen molar-refractivity contribution in [3.05, 3.63) is 47.8 Å². The van der Waals surface area contributed by atoms with Crippen molar-refractivity contribution in [2.45, 2.75) is 40.2 Å². The van der Waals surface area contributed by atoms with Crippen LogP contribution in [0.15, 0.2) is 36.5 Å². The molecule has 0 unspecified atom stereocenters. The third-order valence-electron chi connectivity index (χ3n) is 3.58. The summed E-state index contributed by atoms with van der Waals surface area (Å²) in [6, 6.07) is 8.93. The number of carbonyl (C=O) groups excluding carboxylic acids is 1. The Kier molecular flexibility index (Phi) is 5.39. The van der Waals surface area contributed by atoms with Gasteiger partial charge < -0.3 is 10.4 Å². The Morgan fingerprint density at radius 1 is 1.25 bits per heavy atom. The second-order valence-corrected chi connectivity index (χ2v) is 6.96. The number of carboxylic acid groups (broad SMARTS) is 1.